The lowest BCUT2D eigenvalue weighted by Crippen LogP contribution is -2.38. The van der Waals surface area contributed by atoms with Crippen molar-refractivity contribution >= 4 is 10.9 Å². The summed E-state index contributed by atoms with van der Waals surface area (Å²) in [6.45, 7) is 2.12. The van der Waals surface area contributed by atoms with Crippen LogP contribution >= 0.6 is 0 Å². The van der Waals surface area contributed by atoms with Gasteiger partial charge in [0.05, 0.1) is 6.61 Å². The second-order valence-electron chi connectivity index (χ2n) is 5.96. The van der Waals surface area contributed by atoms with E-state index in [0.29, 0.717) is 0 Å². The Balaban J connectivity index is 1.98. The number of aromatic nitrogens is 1. The van der Waals surface area contributed by atoms with Gasteiger partial charge in [-0.3, -0.25) is 0 Å². The lowest BCUT2D eigenvalue weighted by atomic mass is 9.91. The van der Waals surface area contributed by atoms with Crippen molar-refractivity contribution in [3.05, 3.63) is 35.0 Å². The molecule has 0 spiro atoms. The zero-order chi connectivity index (χ0) is 14.1. The number of H-pyrrole nitrogens is 1. The van der Waals surface area contributed by atoms with Gasteiger partial charge in [0.1, 0.15) is 0 Å². The van der Waals surface area contributed by atoms with Gasteiger partial charge in [-0.1, -0.05) is 6.07 Å². The van der Waals surface area contributed by atoms with Crippen molar-refractivity contribution in [3.8, 4) is 0 Å². The van der Waals surface area contributed by atoms with Crippen molar-refractivity contribution < 1.29 is 5.11 Å². The number of aromatic amines is 1. The molecule has 2 heterocycles. The molecule has 0 amide bonds. The SMILES string of the molecule is CN(C)CCc1c[nH]c2ccc3c(c12)CNC(CO)C3. The minimum Gasteiger partial charge on any atom is -0.395 e. The van der Waals surface area contributed by atoms with E-state index in [2.05, 4.69) is 47.6 Å². The Morgan fingerprint density at radius 2 is 2.20 bits per heavy atom. The van der Waals surface area contributed by atoms with Gasteiger partial charge in [0.15, 0.2) is 0 Å². The number of likely N-dealkylation sites (N-methyl/N-ethyl adjacent to an activating group) is 1. The van der Waals surface area contributed by atoms with Crippen LogP contribution in [-0.2, 0) is 19.4 Å². The molecule has 1 unspecified atom stereocenters. The molecule has 0 bridgehead atoms. The summed E-state index contributed by atoms with van der Waals surface area (Å²) < 4.78 is 0. The smallest absolute Gasteiger partial charge is 0.0587 e. The second-order valence-corrected chi connectivity index (χ2v) is 5.96. The van der Waals surface area contributed by atoms with Crippen LogP contribution in [0.2, 0.25) is 0 Å². The van der Waals surface area contributed by atoms with Crippen LogP contribution in [0.4, 0.5) is 0 Å². The predicted molar refractivity (Wildman–Crippen MR) is 82.0 cm³/mol. The number of fused-ring (bicyclic) bond motifs is 3. The molecule has 1 atom stereocenters. The number of aliphatic hydroxyl groups excluding tert-OH is 1. The topological polar surface area (TPSA) is 51.3 Å². The fraction of sp³-hybridized carbons (Fsp3) is 0.500. The summed E-state index contributed by atoms with van der Waals surface area (Å²) >= 11 is 0. The molecule has 0 radical (unpaired) electrons. The van der Waals surface area contributed by atoms with Crippen LogP contribution in [0.25, 0.3) is 10.9 Å². The normalized spacial score (nSPS) is 18.7. The summed E-state index contributed by atoms with van der Waals surface area (Å²) in [4.78, 5) is 5.61. The minimum absolute atomic E-state index is 0.198. The number of hydrogen-bond acceptors (Lipinski definition) is 3. The quantitative estimate of drug-likeness (QED) is 0.786. The molecular formula is C16H23N3O. The van der Waals surface area contributed by atoms with Crippen LogP contribution in [0, 0.1) is 0 Å². The van der Waals surface area contributed by atoms with Crippen LogP contribution < -0.4 is 5.32 Å². The summed E-state index contributed by atoms with van der Waals surface area (Å²) in [6, 6.07) is 4.57. The highest BCUT2D eigenvalue weighted by Crippen LogP contribution is 2.29. The summed E-state index contributed by atoms with van der Waals surface area (Å²) in [7, 11) is 4.22. The average Bonchev–Trinajstić information content (AvgIpc) is 2.87. The van der Waals surface area contributed by atoms with Gasteiger partial charge in [-0.2, -0.15) is 0 Å². The molecule has 20 heavy (non-hydrogen) atoms. The molecule has 3 N–H and O–H groups in total. The Morgan fingerprint density at radius 3 is 2.95 bits per heavy atom. The van der Waals surface area contributed by atoms with E-state index in [-0.39, 0.29) is 12.6 Å². The zero-order valence-corrected chi connectivity index (χ0v) is 12.2. The molecule has 1 aromatic carbocycles. The van der Waals surface area contributed by atoms with Crippen molar-refractivity contribution in [2.45, 2.75) is 25.4 Å². The molecule has 0 saturated heterocycles. The van der Waals surface area contributed by atoms with Crippen molar-refractivity contribution in [1.29, 1.82) is 0 Å². The van der Waals surface area contributed by atoms with Gasteiger partial charge in [-0.15, -0.1) is 0 Å². The van der Waals surface area contributed by atoms with Crippen LogP contribution in [0.1, 0.15) is 16.7 Å². The van der Waals surface area contributed by atoms with E-state index in [1.807, 2.05) is 0 Å². The van der Waals surface area contributed by atoms with Crippen molar-refractivity contribution in [1.82, 2.24) is 15.2 Å². The predicted octanol–water partition coefficient (Wildman–Crippen LogP) is 1.28. The fourth-order valence-electron chi connectivity index (χ4n) is 3.06. The van der Waals surface area contributed by atoms with Crippen molar-refractivity contribution in [3.63, 3.8) is 0 Å². The molecule has 1 aliphatic heterocycles. The van der Waals surface area contributed by atoms with Crippen LogP contribution in [0.5, 0.6) is 0 Å². The lowest BCUT2D eigenvalue weighted by molar-refractivity contribution is 0.236. The Kier molecular flexibility index (Phi) is 3.78. The van der Waals surface area contributed by atoms with Gasteiger partial charge in [0.2, 0.25) is 0 Å². The summed E-state index contributed by atoms with van der Waals surface area (Å²) in [5.74, 6) is 0. The number of nitrogens with zero attached hydrogens (tertiary/aromatic N) is 1. The fourth-order valence-corrected chi connectivity index (χ4v) is 3.06. The molecule has 0 fully saturated rings. The summed E-state index contributed by atoms with van der Waals surface area (Å²) in [5.41, 5.74) is 5.40. The molecule has 0 saturated carbocycles. The highest BCUT2D eigenvalue weighted by atomic mass is 16.3. The maximum atomic E-state index is 9.32. The van der Waals surface area contributed by atoms with Gasteiger partial charge in [-0.25, -0.2) is 0 Å². The van der Waals surface area contributed by atoms with E-state index < -0.39 is 0 Å². The third-order valence-corrected chi connectivity index (χ3v) is 4.22. The van der Waals surface area contributed by atoms with Gasteiger partial charge in [0.25, 0.3) is 0 Å². The largest absolute Gasteiger partial charge is 0.395 e. The first-order valence-electron chi connectivity index (χ1n) is 7.28. The van der Waals surface area contributed by atoms with Crippen molar-refractivity contribution in [2.75, 3.05) is 27.2 Å². The number of hydrogen-bond donors (Lipinski definition) is 3. The molecule has 4 heteroatoms. The van der Waals surface area contributed by atoms with E-state index in [1.54, 1.807) is 0 Å². The standard InChI is InChI=1S/C16H23N3O/c1-19(2)6-5-12-8-18-15-4-3-11-7-13(10-20)17-9-14(11)16(12)15/h3-4,8,13,17-18,20H,5-7,9-10H2,1-2H3. The summed E-state index contributed by atoms with van der Waals surface area (Å²) in [6.07, 6.45) is 4.12. The van der Waals surface area contributed by atoms with E-state index in [0.717, 1.165) is 25.9 Å². The van der Waals surface area contributed by atoms with Gasteiger partial charge < -0.3 is 20.3 Å². The molecule has 1 aliphatic rings. The third-order valence-electron chi connectivity index (χ3n) is 4.22. The number of nitrogens with one attached hydrogen (secondary N) is 2. The Hall–Kier alpha value is -1.36. The van der Waals surface area contributed by atoms with E-state index in [1.165, 1.54) is 27.6 Å². The maximum absolute atomic E-state index is 9.32. The van der Waals surface area contributed by atoms with E-state index in [4.69, 9.17) is 0 Å². The number of benzene rings is 1. The van der Waals surface area contributed by atoms with Crippen LogP contribution in [0.15, 0.2) is 18.3 Å². The van der Waals surface area contributed by atoms with Gasteiger partial charge >= 0.3 is 0 Å². The molecule has 2 aromatic rings. The first kappa shape index (κ1) is 13.6. The Bertz CT molecular complexity index is 603. The average molecular weight is 273 g/mol. The third kappa shape index (κ3) is 2.46. The lowest BCUT2D eigenvalue weighted by Gasteiger charge is -2.25. The minimum atomic E-state index is 0.198. The highest BCUT2D eigenvalue weighted by Gasteiger charge is 2.20. The zero-order valence-electron chi connectivity index (χ0n) is 12.2. The molecule has 0 aliphatic carbocycles. The highest BCUT2D eigenvalue weighted by molar-refractivity contribution is 5.88. The molecule has 3 rings (SSSR count). The van der Waals surface area contributed by atoms with Crippen LogP contribution in [-0.4, -0.2) is 48.3 Å². The molecule has 108 valence electrons. The van der Waals surface area contributed by atoms with Crippen molar-refractivity contribution in [2.24, 2.45) is 0 Å². The van der Waals surface area contributed by atoms with Crippen LogP contribution in [0.3, 0.4) is 0 Å². The Morgan fingerprint density at radius 1 is 1.35 bits per heavy atom. The first-order valence-corrected chi connectivity index (χ1v) is 7.28. The van der Waals surface area contributed by atoms with Gasteiger partial charge in [-0.05, 0) is 49.7 Å². The maximum Gasteiger partial charge on any atom is 0.0587 e. The monoisotopic (exact) mass is 273 g/mol. The van der Waals surface area contributed by atoms with E-state index >= 15 is 0 Å². The first-order chi connectivity index (χ1) is 9.69. The van der Waals surface area contributed by atoms with Gasteiger partial charge in [0, 0.05) is 36.2 Å². The van der Waals surface area contributed by atoms with E-state index in [9.17, 15) is 5.11 Å². The molecule has 4 nitrogen and oxygen atoms in total. The molecular weight excluding hydrogens is 250 g/mol. The molecule has 1 aromatic heterocycles. The Labute approximate surface area is 119 Å². The second kappa shape index (κ2) is 5.56. The number of aliphatic hydroxyl groups is 1. The number of rotatable bonds is 4. The summed E-state index contributed by atoms with van der Waals surface area (Å²) in [5, 5.41) is 14.1.